The molecule has 0 bridgehead atoms. The van der Waals surface area contributed by atoms with Crippen molar-refractivity contribution < 1.29 is 14.3 Å². The molecule has 1 fully saturated rings. The van der Waals surface area contributed by atoms with Crippen molar-refractivity contribution in [1.82, 2.24) is 9.47 Å². The standard InChI is InChI=1S/C14H20N2O3/c1-3-19-13(17)8-10-15(2)14(18)12-5-4-9-16(12)11-6-7-11/h4-5,9,11H,3,6-8,10H2,1-2H3. The van der Waals surface area contributed by atoms with Gasteiger partial charge < -0.3 is 14.2 Å². The number of carbonyl (C=O) groups excluding carboxylic acids is 2. The van der Waals surface area contributed by atoms with E-state index in [0.29, 0.717) is 24.9 Å². The molecule has 104 valence electrons. The fourth-order valence-electron chi connectivity index (χ4n) is 2.04. The Kier molecular flexibility index (Phi) is 4.24. The van der Waals surface area contributed by atoms with Crippen LogP contribution in [0.15, 0.2) is 18.3 Å². The topological polar surface area (TPSA) is 51.5 Å². The maximum atomic E-state index is 12.3. The molecule has 5 nitrogen and oxygen atoms in total. The van der Waals surface area contributed by atoms with Gasteiger partial charge in [-0.25, -0.2) is 0 Å². The Hall–Kier alpha value is -1.78. The Labute approximate surface area is 113 Å². The molecular weight excluding hydrogens is 244 g/mol. The van der Waals surface area contributed by atoms with Gasteiger partial charge in [0.05, 0.1) is 13.0 Å². The number of ether oxygens (including phenoxy) is 1. The molecule has 2 rings (SSSR count). The van der Waals surface area contributed by atoms with Crippen molar-refractivity contribution in [2.45, 2.75) is 32.2 Å². The maximum absolute atomic E-state index is 12.3. The van der Waals surface area contributed by atoms with Crippen LogP contribution in [-0.2, 0) is 9.53 Å². The zero-order valence-corrected chi connectivity index (χ0v) is 11.5. The van der Waals surface area contributed by atoms with E-state index in [1.165, 1.54) is 0 Å². The van der Waals surface area contributed by atoms with Crippen molar-refractivity contribution in [2.24, 2.45) is 0 Å². The van der Waals surface area contributed by atoms with Crippen LogP contribution < -0.4 is 0 Å². The Morgan fingerprint density at radius 1 is 1.47 bits per heavy atom. The predicted molar refractivity (Wildman–Crippen MR) is 70.9 cm³/mol. The smallest absolute Gasteiger partial charge is 0.307 e. The van der Waals surface area contributed by atoms with Crippen molar-refractivity contribution >= 4 is 11.9 Å². The van der Waals surface area contributed by atoms with Gasteiger partial charge in [-0.2, -0.15) is 0 Å². The minimum atomic E-state index is -0.264. The molecule has 1 amide bonds. The molecule has 0 aliphatic heterocycles. The van der Waals surface area contributed by atoms with E-state index in [9.17, 15) is 9.59 Å². The Bertz CT molecular complexity index is 463. The van der Waals surface area contributed by atoms with Gasteiger partial charge in [0, 0.05) is 25.8 Å². The van der Waals surface area contributed by atoms with Crippen molar-refractivity contribution in [3.63, 3.8) is 0 Å². The number of nitrogens with zero attached hydrogens (tertiary/aromatic N) is 2. The largest absolute Gasteiger partial charge is 0.466 e. The number of aromatic nitrogens is 1. The SMILES string of the molecule is CCOC(=O)CCN(C)C(=O)c1cccn1C1CC1. The maximum Gasteiger partial charge on any atom is 0.307 e. The summed E-state index contributed by atoms with van der Waals surface area (Å²) in [6, 6.07) is 4.21. The van der Waals surface area contributed by atoms with Crippen LogP contribution >= 0.6 is 0 Å². The first-order valence-electron chi connectivity index (χ1n) is 6.71. The average molecular weight is 264 g/mol. The van der Waals surface area contributed by atoms with E-state index in [2.05, 4.69) is 0 Å². The molecular formula is C14H20N2O3. The summed E-state index contributed by atoms with van der Waals surface area (Å²) in [6.45, 7) is 2.53. The lowest BCUT2D eigenvalue weighted by Gasteiger charge is -2.18. The first-order valence-corrected chi connectivity index (χ1v) is 6.71. The van der Waals surface area contributed by atoms with Crippen molar-refractivity contribution in [3.8, 4) is 0 Å². The molecule has 0 aromatic carbocycles. The highest BCUT2D eigenvalue weighted by molar-refractivity contribution is 5.92. The van der Waals surface area contributed by atoms with Gasteiger partial charge >= 0.3 is 5.97 Å². The van der Waals surface area contributed by atoms with Crippen LogP contribution in [0.2, 0.25) is 0 Å². The lowest BCUT2D eigenvalue weighted by atomic mass is 10.3. The average Bonchev–Trinajstić information content (AvgIpc) is 3.13. The third-order valence-corrected chi connectivity index (χ3v) is 3.24. The second-order valence-corrected chi connectivity index (χ2v) is 4.81. The van der Waals surface area contributed by atoms with Crippen molar-refractivity contribution in [3.05, 3.63) is 24.0 Å². The molecule has 1 aromatic heterocycles. The first-order chi connectivity index (χ1) is 9.13. The predicted octanol–water partition coefficient (Wildman–Crippen LogP) is 1.85. The van der Waals surface area contributed by atoms with Gasteiger partial charge in [-0.3, -0.25) is 9.59 Å². The molecule has 5 heteroatoms. The van der Waals surface area contributed by atoms with Crippen LogP contribution in [0.1, 0.15) is 42.7 Å². The number of carbonyl (C=O) groups is 2. The molecule has 1 aliphatic carbocycles. The third-order valence-electron chi connectivity index (χ3n) is 3.24. The lowest BCUT2D eigenvalue weighted by Crippen LogP contribution is -2.30. The highest BCUT2D eigenvalue weighted by Crippen LogP contribution is 2.36. The van der Waals surface area contributed by atoms with Gasteiger partial charge in [0.2, 0.25) is 0 Å². The summed E-state index contributed by atoms with van der Waals surface area (Å²) >= 11 is 0. The van der Waals surface area contributed by atoms with Crippen LogP contribution in [-0.4, -0.2) is 41.5 Å². The van der Waals surface area contributed by atoms with Gasteiger partial charge in [-0.15, -0.1) is 0 Å². The van der Waals surface area contributed by atoms with Crippen molar-refractivity contribution in [1.29, 1.82) is 0 Å². The van der Waals surface area contributed by atoms with E-state index in [4.69, 9.17) is 4.74 Å². The fourth-order valence-corrected chi connectivity index (χ4v) is 2.04. The van der Waals surface area contributed by atoms with E-state index in [0.717, 1.165) is 12.8 Å². The second kappa shape index (κ2) is 5.91. The highest BCUT2D eigenvalue weighted by atomic mass is 16.5. The molecule has 1 aliphatic rings. The van der Waals surface area contributed by atoms with Crippen LogP contribution in [0.5, 0.6) is 0 Å². The van der Waals surface area contributed by atoms with Crippen LogP contribution in [0, 0.1) is 0 Å². The minimum absolute atomic E-state index is 0.0406. The molecule has 0 N–H and O–H groups in total. The molecule has 1 aromatic rings. The minimum Gasteiger partial charge on any atom is -0.466 e. The number of esters is 1. The number of hydrogen-bond acceptors (Lipinski definition) is 3. The summed E-state index contributed by atoms with van der Waals surface area (Å²) in [5, 5.41) is 0. The van der Waals surface area contributed by atoms with E-state index in [1.54, 1.807) is 18.9 Å². The number of hydrogen-bond donors (Lipinski definition) is 0. The quantitative estimate of drug-likeness (QED) is 0.737. The van der Waals surface area contributed by atoms with Gasteiger partial charge in [-0.1, -0.05) is 0 Å². The van der Waals surface area contributed by atoms with Gasteiger partial charge in [0.1, 0.15) is 5.69 Å². The zero-order valence-electron chi connectivity index (χ0n) is 11.5. The Morgan fingerprint density at radius 3 is 2.84 bits per heavy atom. The lowest BCUT2D eigenvalue weighted by molar-refractivity contribution is -0.143. The summed E-state index contributed by atoms with van der Waals surface area (Å²) < 4.78 is 6.88. The van der Waals surface area contributed by atoms with Gasteiger partial charge in [0.25, 0.3) is 5.91 Å². The third kappa shape index (κ3) is 3.36. The second-order valence-electron chi connectivity index (χ2n) is 4.81. The van der Waals surface area contributed by atoms with Crippen LogP contribution in [0.3, 0.4) is 0 Å². The fraction of sp³-hybridized carbons (Fsp3) is 0.571. The van der Waals surface area contributed by atoms with Gasteiger partial charge in [-0.05, 0) is 31.9 Å². The monoisotopic (exact) mass is 264 g/mol. The molecule has 1 saturated carbocycles. The number of rotatable bonds is 6. The summed E-state index contributed by atoms with van der Waals surface area (Å²) in [5.74, 6) is -0.305. The van der Waals surface area contributed by atoms with E-state index < -0.39 is 0 Å². The van der Waals surface area contributed by atoms with E-state index in [-0.39, 0.29) is 18.3 Å². The Morgan fingerprint density at radius 2 is 2.21 bits per heavy atom. The van der Waals surface area contributed by atoms with Crippen molar-refractivity contribution in [2.75, 3.05) is 20.2 Å². The summed E-state index contributed by atoms with van der Waals surface area (Å²) in [7, 11) is 1.71. The Balaban J connectivity index is 1.91. The molecule has 1 heterocycles. The molecule has 0 radical (unpaired) electrons. The van der Waals surface area contributed by atoms with E-state index in [1.807, 2.05) is 22.9 Å². The van der Waals surface area contributed by atoms with Gasteiger partial charge in [0.15, 0.2) is 0 Å². The van der Waals surface area contributed by atoms with E-state index >= 15 is 0 Å². The summed E-state index contributed by atoms with van der Waals surface area (Å²) in [6.07, 6.45) is 4.47. The number of amides is 1. The normalized spacial score (nSPS) is 14.2. The molecule has 0 saturated heterocycles. The van der Waals surface area contributed by atoms with Crippen LogP contribution in [0.25, 0.3) is 0 Å². The molecule has 0 atom stereocenters. The zero-order chi connectivity index (χ0) is 13.8. The summed E-state index contributed by atoms with van der Waals surface area (Å²) in [5.41, 5.74) is 0.703. The summed E-state index contributed by atoms with van der Waals surface area (Å²) in [4.78, 5) is 25.1. The first kappa shape index (κ1) is 13.6. The molecule has 19 heavy (non-hydrogen) atoms. The highest BCUT2D eigenvalue weighted by Gasteiger charge is 2.27. The van der Waals surface area contributed by atoms with Crippen LogP contribution in [0.4, 0.5) is 0 Å². The molecule has 0 unspecified atom stereocenters. The molecule has 0 spiro atoms.